The van der Waals surface area contributed by atoms with E-state index < -0.39 is 0 Å². The Bertz CT molecular complexity index is 348. The minimum atomic E-state index is 0.163. The Kier molecular flexibility index (Phi) is 7.74. The number of carbonyl (C=O) groups is 1. The molecule has 0 aliphatic heterocycles. The molecule has 2 nitrogen and oxygen atoms in total. The summed E-state index contributed by atoms with van der Waals surface area (Å²) in [6, 6.07) is 8.29. The molecule has 0 unspecified atom stereocenters. The maximum Gasteiger partial charge on any atom is 0.220 e. The second-order valence-electron chi connectivity index (χ2n) is 4.54. The summed E-state index contributed by atoms with van der Waals surface area (Å²) in [5.41, 5.74) is 2.41. The molecule has 0 aromatic heterocycles. The highest BCUT2D eigenvalue weighted by Crippen LogP contribution is 2.08. The van der Waals surface area contributed by atoms with Crippen molar-refractivity contribution in [3.63, 3.8) is 0 Å². The molecule has 100 valence electrons. The molecule has 0 heterocycles. The van der Waals surface area contributed by atoms with Gasteiger partial charge in [-0.1, -0.05) is 66.4 Å². The van der Waals surface area contributed by atoms with Crippen molar-refractivity contribution in [2.45, 2.75) is 50.9 Å². The number of rotatable bonds is 8. The van der Waals surface area contributed by atoms with Gasteiger partial charge < -0.3 is 5.32 Å². The topological polar surface area (TPSA) is 29.1 Å². The van der Waals surface area contributed by atoms with Gasteiger partial charge in [0.1, 0.15) is 0 Å². The van der Waals surface area contributed by atoms with Crippen LogP contribution < -0.4 is 5.32 Å². The second kappa shape index (κ2) is 9.15. The number of unbranched alkanes of at least 4 members (excludes halogenated alkanes) is 3. The van der Waals surface area contributed by atoms with Crippen LogP contribution >= 0.6 is 15.9 Å². The van der Waals surface area contributed by atoms with Gasteiger partial charge in [-0.15, -0.1) is 0 Å². The first-order valence-electron chi connectivity index (χ1n) is 6.66. The lowest BCUT2D eigenvalue weighted by molar-refractivity contribution is -0.121. The standard InChI is InChI=1S/C15H22BrNO/c1-2-3-4-5-6-15(18)17-12-14-9-7-13(11-16)8-10-14/h7-10H,2-6,11-12H2,1H3,(H,17,18). The summed E-state index contributed by atoms with van der Waals surface area (Å²) >= 11 is 3.42. The van der Waals surface area contributed by atoms with Crippen LogP contribution in [0.15, 0.2) is 24.3 Å². The van der Waals surface area contributed by atoms with E-state index in [-0.39, 0.29) is 5.91 Å². The average Bonchev–Trinajstić information content (AvgIpc) is 2.42. The van der Waals surface area contributed by atoms with Crippen molar-refractivity contribution in [2.75, 3.05) is 0 Å². The normalized spacial score (nSPS) is 10.3. The number of amides is 1. The average molecular weight is 312 g/mol. The molecule has 0 bridgehead atoms. The van der Waals surface area contributed by atoms with Crippen LogP contribution in [0.25, 0.3) is 0 Å². The van der Waals surface area contributed by atoms with Crippen LogP contribution in [0.5, 0.6) is 0 Å². The van der Waals surface area contributed by atoms with E-state index in [4.69, 9.17) is 0 Å². The van der Waals surface area contributed by atoms with Crippen molar-refractivity contribution in [2.24, 2.45) is 0 Å². The van der Waals surface area contributed by atoms with Gasteiger partial charge in [0.25, 0.3) is 0 Å². The molecular weight excluding hydrogens is 290 g/mol. The third-order valence-corrected chi connectivity index (χ3v) is 3.57. The van der Waals surface area contributed by atoms with Gasteiger partial charge in [0.15, 0.2) is 0 Å². The minimum absolute atomic E-state index is 0.163. The predicted octanol–water partition coefficient (Wildman–Crippen LogP) is 4.17. The quantitative estimate of drug-likeness (QED) is 0.566. The lowest BCUT2D eigenvalue weighted by Crippen LogP contribution is -2.22. The van der Waals surface area contributed by atoms with Crippen LogP contribution in [-0.2, 0) is 16.7 Å². The van der Waals surface area contributed by atoms with E-state index in [9.17, 15) is 4.79 Å². The Morgan fingerprint density at radius 2 is 1.78 bits per heavy atom. The Balaban J connectivity index is 2.20. The molecule has 18 heavy (non-hydrogen) atoms. The van der Waals surface area contributed by atoms with Gasteiger partial charge >= 0.3 is 0 Å². The molecule has 0 saturated carbocycles. The molecule has 1 aromatic rings. The van der Waals surface area contributed by atoms with E-state index >= 15 is 0 Å². The van der Waals surface area contributed by atoms with Crippen molar-refractivity contribution in [3.8, 4) is 0 Å². The smallest absolute Gasteiger partial charge is 0.220 e. The third kappa shape index (κ3) is 6.20. The molecule has 1 amide bonds. The zero-order valence-corrected chi connectivity index (χ0v) is 12.6. The zero-order chi connectivity index (χ0) is 13.2. The number of nitrogens with one attached hydrogen (secondary N) is 1. The van der Waals surface area contributed by atoms with Crippen molar-refractivity contribution in [3.05, 3.63) is 35.4 Å². The maximum absolute atomic E-state index is 11.6. The molecule has 1 rings (SSSR count). The third-order valence-electron chi connectivity index (χ3n) is 2.92. The summed E-state index contributed by atoms with van der Waals surface area (Å²) in [4.78, 5) is 11.6. The van der Waals surface area contributed by atoms with Crippen molar-refractivity contribution in [1.29, 1.82) is 0 Å². The zero-order valence-electron chi connectivity index (χ0n) is 11.0. The molecule has 1 aromatic carbocycles. The van der Waals surface area contributed by atoms with Crippen LogP contribution in [-0.4, -0.2) is 5.91 Å². The summed E-state index contributed by atoms with van der Waals surface area (Å²) < 4.78 is 0. The molecule has 0 fully saturated rings. The van der Waals surface area contributed by atoms with E-state index in [0.29, 0.717) is 13.0 Å². The lowest BCUT2D eigenvalue weighted by atomic mass is 10.1. The monoisotopic (exact) mass is 311 g/mol. The van der Waals surface area contributed by atoms with Crippen LogP contribution in [0.2, 0.25) is 0 Å². The molecule has 0 atom stereocenters. The van der Waals surface area contributed by atoms with Gasteiger partial charge in [0.05, 0.1) is 0 Å². The molecule has 0 spiro atoms. The summed E-state index contributed by atoms with van der Waals surface area (Å²) in [6.07, 6.45) is 5.24. The minimum Gasteiger partial charge on any atom is -0.352 e. The number of carbonyl (C=O) groups excluding carboxylic acids is 1. The molecular formula is C15H22BrNO. The van der Waals surface area contributed by atoms with E-state index in [0.717, 1.165) is 23.7 Å². The van der Waals surface area contributed by atoms with Crippen molar-refractivity contribution < 1.29 is 4.79 Å². The summed E-state index contributed by atoms with van der Waals surface area (Å²) in [5, 5.41) is 3.83. The summed E-state index contributed by atoms with van der Waals surface area (Å²) in [7, 11) is 0. The Morgan fingerprint density at radius 1 is 1.11 bits per heavy atom. The fourth-order valence-electron chi connectivity index (χ4n) is 1.75. The van der Waals surface area contributed by atoms with Gasteiger partial charge in [-0.3, -0.25) is 4.79 Å². The number of halogens is 1. The number of hydrogen-bond donors (Lipinski definition) is 1. The highest BCUT2D eigenvalue weighted by Gasteiger charge is 2.01. The molecule has 0 aliphatic carbocycles. The Hall–Kier alpha value is -0.830. The predicted molar refractivity (Wildman–Crippen MR) is 79.7 cm³/mol. The molecule has 0 saturated heterocycles. The fraction of sp³-hybridized carbons (Fsp3) is 0.533. The number of benzene rings is 1. The van der Waals surface area contributed by atoms with Gasteiger partial charge in [-0.25, -0.2) is 0 Å². The van der Waals surface area contributed by atoms with Gasteiger partial charge in [0.2, 0.25) is 5.91 Å². The first-order valence-corrected chi connectivity index (χ1v) is 7.79. The summed E-state index contributed by atoms with van der Waals surface area (Å²) in [6.45, 7) is 2.81. The molecule has 0 aliphatic rings. The van der Waals surface area contributed by atoms with Gasteiger partial charge in [-0.05, 0) is 17.5 Å². The van der Waals surface area contributed by atoms with Crippen LogP contribution in [0.4, 0.5) is 0 Å². The Labute approximate surface area is 118 Å². The van der Waals surface area contributed by atoms with E-state index in [1.807, 2.05) is 0 Å². The summed E-state index contributed by atoms with van der Waals surface area (Å²) in [5.74, 6) is 0.163. The van der Waals surface area contributed by atoms with Crippen molar-refractivity contribution in [1.82, 2.24) is 5.32 Å². The SMILES string of the molecule is CCCCCCC(=O)NCc1ccc(CBr)cc1. The maximum atomic E-state index is 11.6. The molecule has 0 radical (unpaired) electrons. The lowest BCUT2D eigenvalue weighted by Gasteiger charge is -2.06. The van der Waals surface area contributed by atoms with E-state index in [2.05, 4.69) is 52.4 Å². The van der Waals surface area contributed by atoms with Crippen molar-refractivity contribution >= 4 is 21.8 Å². The highest BCUT2D eigenvalue weighted by molar-refractivity contribution is 9.08. The van der Waals surface area contributed by atoms with E-state index in [1.54, 1.807) is 0 Å². The van der Waals surface area contributed by atoms with Gasteiger partial charge in [0, 0.05) is 18.3 Å². The highest BCUT2D eigenvalue weighted by atomic mass is 79.9. The Morgan fingerprint density at radius 3 is 2.39 bits per heavy atom. The van der Waals surface area contributed by atoms with Gasteiger partial charge in [-0.2, -0.15) is 0 Å². The second-order valence-corrected chi connectivity index (χ2v) is 5.10. The first-order chi connectivity index (χ1) is 8.76. The van der Waals surface area contributed by atoms with Crippen LogP contribution in [0, 0.1) is 0 Å². The first kappa shape index (κ1) is 15.2. The van der Waals surface area contributed by atoms with Crippen LogP contribution in [0.1, 0.15) is 50.2 Å². The number of hydrogen-bond acceptors (Lipinski definition) is 1. The van der Waals surface area contributed by atoms with E-state index in [1.165, 1.54) is 18.4 Å². The fourth-order valence-corrected chi connectivity index (χ4v) is 2.12. The largest absolute Gasteiger partial charge is 0.352 e. The molecule has 1 N–H and O–H groups in total. The number of alkyl halides is 1. The van der Waals surface area contributed by atoms with Crippen LogP contribution in [0.3, 0.4) is 0 Å². The molecule has 3 heteroatoms.